The Morgan fingerprint density at radius 2 is 1.24 bits per heavy atom. The summed E-state index contributed by atoms with van der Waals surface area (Å²) in [5.74, 6) is -1.74. The van der Waals surface area contributed by atoms with Crippen molar-refractivity contribution >= 4 is 28.7 Å². The predicted molar refractivity (Wildman–Crippen MR) is 105 cm³/mol. The van der Waals surface area contributed by atoms with Crippen molar-refractivity contribution in [3.63, 3.8) is 0 Å². The Hall–Kier alpha value is -3.87. The Balaban J connectivity index is 2.01. The summed E-state index contributed by atoms with van der Waals surface area (Å²) < 4.78 is 20.1. The molecule has 0 radical (unpaired) electrons. The zero-order valence-electron chi connectivity index (χ0n) is 16.1. The average molecular weight is 394 g/mol. The van der Waals surface area contributed by atoms with Gasteiger partial charge in [-0.25, -0.2) is 14.4 Å². The molecule has 3 rings (SSSR count). The molecule has 0 saturated carbocycles. The number of hydrogen-bond acceptors (Lipinski definition) is 7. The minimum atomic E-state index is -0.703. The van der Waals surface area contributed by atoms with E-state index in [0.717, 1.165) is 10.8 Å². The van der Waals surface area contributed by atoms with Gasteiger partial charge in [-0.3, -0.25) is 0 Å². The largest absolute Gasteiger partial charge is 0.496 e. The van der Waals surface area contributed by atoms with Crippen LogP contribution in [0.4, 0.5) is 0 Å². The Bertz CT molecular complexity index is 1070. The van der Waals surface area contributed by atoms with E-state index in [-0.39, 0.29) is 22.4 Å². The summed E-state index contributed by atoms with van der Waals surface area (Å²) in [6.45, 7) is 0. The summed E-state index contributed by atoms with van der Waals surface area (Å²) in [7, 11) is 3.87. The minimum Gasteiger partial charge on any atom is -0.496 e. The highest BCUT2D eigenvalue weighted by atomic mass is 16.5. The van der Waals surface area contributed by atoms with Crippen LogP contribution in [0.3, 0.4) is 0 Å². The lowest BCUT2D eigenvalue weighted by atomic mass is 10.1. The Morgan fingerprint density at radius 1 is 0.690 bits per heavy atom. The zero-order valence-corrected chi connectivity index (χ0v) is 16.1. The number of esters is 3. The normalized spacial score (nSPS) is 10.3. The van der Waals surface area contributed by atoms with Crippen LogP contribution in [-0.4, -0.2) is 39.2 Å². The van der Waals surface area contributed by atoms with Crippen molar-refractivity contribution in [2.75, 3.05) is 21.3 Å². The van der Waals surface area contributed by atoms with Crippen LogP contribution in [0.1, 0.15) is 31.1 Å². The maximum Gasteiger partial charge on any atom is 0.347 e. The molecule has 0 aliphatic heterocycles. The third-order valence-electron chi connectivity index (χ3n) is 4.25. The van der Waals surface area contributed by atoms with E-state index < -0.39 is 17.9 Å². The summed E-state index contributed by atoms with van der Waals surface area (Å²) in [6.07, 6.45) is 0. The number of carbonyl (C=O) groups is 3. The van der Waals surface area contributed by atoms with Crippen molar-refractivity contribution in [2.24, 2.45) is 0 Å². The fourth-order valence-electron chi connectivity index (χ4n) is 2.84. The van der Waals surface area contributed by atoms with Crippen molar-refractivity contribution in [2.45, 2.75) is 0 Å². The molecule has 7 nitrogen and oxygen atoms in total. The number of ether oxygens (including phenoxy) is 4. The minimum absolute atomic E-state index is 0.00601. The molecule has 0 amide bonds. The SMILES string of the molecule is COC(=O)c1cc(OC(=O)c2cc3ccccc3cc2OC)cc(C(=O)OC)c1. The number of carbonyl (C=O) groups excluding carboxylic acids is 3. The van der Waals surface area contributed by atoms with Crippen LogP contribution in [0.5, 0.6) is 11.5 Å². The fraction of sp³-hybridized carbons (Fsp3) is 0.136. The molecule has 0 bridgehead atoms. The summed E-state index contributed by atoms with van der Waals surface area (Å²) in [5.41, 5.74) is 0.293. The molecule has 0 aromatic heterocycles. The van der Waals surface area contributed by atoms with Crippen LogP contribution in [0.25, 0.3) is 10.8 Å². The van der Waals surface area contributed by atoms with Gasteiger partial charge < -0.3 is 18.9 Å². The van der Waals surface area contributed by atoms with E-state index in [4.69, 9.17) is 9.47 Å². The number of rotatable bonds is 5. The lowest BCUT2D eigenvalue weighted by Crippen LogP contribution is -2.12. The molecule has 0 unspecified atom stereocenters. The third-order valence-corrected chi connectivity index (χ3v) is 4.25. The highest BCUT2D eigenvalue weighted by Gasteiger charge is 2.19. The van der Waals surface area contributed by atoms with Gasteiger partial charge in [0.2, 0.25) is 0 Å². The van der Waals surface area contributed by atoms with Crippen molar-refractivity contribution in [3.05, 3.63) is 71.3 Å². The molecule has 0 fully saturated rings. The number of hydrogen-bond donors (Lipinski definition) is 0. The number of methoxy groups -OCH3 is 3. The summed E-state index contributed by atoms with van der Waals surface area (Å²) in [5, 5.41) is 1.74. The van der Waals surface area contributed by atoms with Gasteiger partial charge in [0.25, 0.3) is 0 Å². The molecule has 3 aromatic carbocycles. The molecule has 0 aliphatic carbocycles. The van der Waals surface area contributed by atoms with E-state index in [1.54, 1.807) is 12.1 Å². The average Bonchev–Trinajstić information content (AvgIpc) is 2.76. The van der Waals surface area contributed by atoms with Crippen LogP contribution < -0.4 is 9.47 Å². The number of benzene rings is 3. The zero-order chi connectivity index (χ0) is 21.0. The van der Waals surface area contributed by atoms with E-state index in [0.29, 0.717) is 5.75 Å². The summed E-state index contributed by atoms with van der Waals surface area (Å²) in [6, 6.07) is 14.8. The van der Waals surface area contributed by atoms with Crippen LogP contribution >= 0.6 is 0 Å². The molecule has 0 saturated heterocycles. The second kappa shape index (κ2) is 8.43. The van der Waals surface area contributed by atoms with Gasteiger partial charge in [-0.05, 0) is 41.1 Å². The molecule has 148 valence electrons. The van der Waals surface area contributed by atoms with Crippen molar-refractivity contribution in [1.29, 1.82) is 0 Å². The third kappa shape index (κ3) is 4.19. The molecule has 29 heavy (non-hydrogen) atoms. The molecule has 7 heteroatoms. The second-order valence-electron chi connectivity index (χ2n) is 6.02. The molecular weight excluding hydrogens is 376 g/mol. The standard InChI is InChI=1S/C22H18O7/c1-26-19-12-14-7-5-4-6-13(14)11-18(19)22(25)29-17-9-15(20(23)27-2)8-16(10-17)21(24)28-3/h4-12H,1-3H3. The van der Waals surface area contributed by atoms with Gasteiger partial charge in [0, 0.05) is 0 Å². The van der Waals surface area contributed by atoms with Gasteiger partial charge in [-0.2, -0.15) is 0 Å². The summed E-state index contributed by atoms with van der Waals surface area (Å²) >= 11 is 0. The van der Waals surface area contributed by atoms with Crippen LogP contribution in [0, 0.1) is 0 Å². The molecule has 0 spiro atoms. The monoisotopic (exact) mass is 394 g/mol. The van der Waals surface area contributed by atoms with Crippen molar-refractivity contribution in [1.82, 2.24) is 0 Å². The van der Waals surface area contributed by atoms with Gasteiger partial charge in [-0.1, -0.05) is 24.3 Å². The van der Waals surface area contributed by atoms with Crippen LogP contribution in [0.15, 0.2) is 54.6 Å². The van der Waals surface area contributed by atoms with E-state index in [9.17, 15) is 14.4 Å². The second-order valence-corrected chi connectivity index (χ2v) is 6.02. The van der Waals surface area contributed by atoms with Crippen LogP contribution in [-0.2, 0) is 9.47 Å². The Kier molecular flexibility index (Phi) is 5.78. The predicted octanol–water partition coefficient (Wildman–Crippen LogP) is 3.64. The lowest BCUT2D eigenvalue weighted by Gasteiger charge is -2.12. The molecule has 0 atom stereocenters. The Labute approximate surface area is 166 Å². The van der Waals surface area contributed by atoms with E-state index in [2.05, 4.69) is 9.47 Å². The first-order valence-corrected chi connectivity index (χ1v) is 8.57. The van der Waals surface area contributed by atoms with Gasteiger partial charge >= 0.3 is 17.9 Å². The highest BCUT2D eigenvalue weighted by molar-refractivity contribution is 6.00. The molecule has 0 aliphatic rings. The smallest absolute Gasteiger partial charge is 0.347 e. The van der Waals surface area contributed by atoms with E-state index >= 15 is 0 Å². The van der Waals surface area contributed by atoms with Gasteiger partial charge in [-0.15, -0.1) is 0 Å². The first-order valence-electron chi connectivity index (χ1n) is 8.57. The maximum atomic E-state index is 12.8. The first-order chi connectivity index (χ1) is 14.0. The van der Waals surface area contributed by atoms with Gasteiger partial charge in [0.1, 0.15) is 17.1 Å². The van der Waals surface area contributed by atoms with Crippen LogP contribution in [0.2, 0.25) is 0 Å². The fourth-order valence-corrected chi connectivity index (χ4v) is 2.84. The van der Waals surface area contributed by atoms with E-state index in [1.807, 2.05) is 24.3 Å². The Morgan fingerprint density at radius 3 is 1.76 bits per heavy atom. The molecular formula is C22H18O7. The highest BCUT2D eigenvalue weighted by Crippen LogP contribution is 2.28. The molecule has 3 aromatic rings. The van der Waals surface area contributed by atoms with E-state index in [1.165, 1.54) is 39.5 Å². The summed E-state index contributed by atoms with van der Waals surface area (Å²) in [4.78, 5) is 36.6. The molecule has 0 heterocycles. The number of fused-ring (bicyclic) bond motifs is 1. The quantitative estimate of drug-likeness (QED) is 0.482. The first kappa shape index (κ1) is 19.9. The van der Waals surface area contributed by atoms with Gasteiger partial charge in [0.05, 0.1) is 32.5 Å². The van der Waals surface area contributed by atoms with Crippen molar-refractivity contribution < 1.29 is 33.3 Å². The maximum absolute atomic E-state index is 12.8. The topological polar surface area (TPSA) is 88.1 Å². The van der Waals surface area contributed by atoms with Crippen molar-refractivity contribution in [3.8, 4) is 11.5 Å². The van der Waals surface area contributed by atoms with Gasteiger partial charge in [0.15, 0.2) is 0 Å². The molecule has 0 N–H and O–H groups in total. The lowest BCUT2D eigenvalue weighted by molar-refractivity contribution is 0.0593.